The molecule has 0 aliphatic carbocycles. The third-order valence-electron chi connectivity index (χ3n) is 3.64. The fourth-order valence-corrected chi connectivity index (χ4v) is 2.59. The standard InChI is InChI=1S/C19H23NO3/c1-5-7-15-9-6-8-14(2)20(15)18(21)17-11-10-16(23-17)12-13-19(3,4)22/h5-6,8,10-11,14-15,22H,1,7,9H2,2-4H3/t14-,15-/m1/s1. The molecule has 0 aromatic carbocycles. The van der Waals surface area contributed by atoms with Crippen molar-refractivity contribution in [3.8, 4) is 11.8 Å². The van der Waals surface area contributed by atoms with E-state index >= 15 is 0 Å². The van der Waals surface area contributed by atoms with Crippen LogP contribution in [0.4, 0.5) is 0 Å². The minimum atomic E-state index is -1.10. The van der Waals surface area contributed by atoms with Gasteiger partial charge in [-0.2, -0.15) is 0 Å². The van der Waals surface area contributed by atoms with Gasteiger partial charge >= 0.3 is 0 Å². The van der Waals surface area contributed by atoms with E-state index in [1.165, 1.54) is 0 Å². The molecule has 2 atom stereocenters. The predicted molar refractivity (Wildman–Crippen MR) is 89.9 cm³/mol. The zero-order valence-electron chi connectivity index (χ0n) is 13.9. The van der Waals surface area contributed by atoms with Crippen molar-refractivity contribution in [1.82, 2.24) is 4.90 Å². The van der Waals surface area contributed by atoms with Crippen molar-refractivity contribution in [2.45, 2.75) is 51.3 Å². The number of carbonyl (C=O) groups excluding carboxylic acids is 1. The van der Waals surface area contributed by atoms with Crippen LogP contribution in [0, 0.1) is 11.8 Å². The molecule has 122 valence electrons. The maximum absolute atomic E-state index is 12.8. The lowest BCUT2D eigenvalue weighted by Crippen LogP contribution is -2.46. The Morgan fingerprint density at radius 2 is 2.30 bits per heavy atom. The average molecular weight is 313 g/mol. The molecule has 4 nitrogen and oxygen atoms in total. The number of rotatable bonds is 3. The van der Waals surface area contributed by atoms with E-state index < -0.39 is 5.60 Å². The highest BCUT2D eigenvalue weighted by Crippen LogP contribution is 2.23. The maximum atomic E-state index is 12.8. The van der Waals surface area contributed by atoms with E-state index in [2.05, 4.69) is 24.5 Å². The van der Waals surface area contributed by atoms with Crippen molar-refractivity contribution in [2.75, 3.05) is 0 Å². The van der Waals surface area contributed by atoms with E-state index in [9.17, 15) is 9.90 Å². The molecule has 1 aliphatic heterocycles. The summed E-state index contributed by atoms with van der Waals surface area (Å²) in [6, 6.07) is 3.39. The van der Waals surface area contributed by atoms with Gasteiger partial charge in [-0.05, 0) is 51.7 Å². The molecule has 23 heavy (non-hydrogen) atoms. The van der Waals surface area contributed by atoms with Gasteiger partial charge in [-0.25, -0.2) is 0 Å². The van der Waals surface area contributed by atoms with Crippen molar-refractivity contribution in [2.24, 2.45) is 0 Å². The third-order valence-corrected chi connectivity index (χ3v) is 3.64. The number of furan rings is 1. The molecule has 1 aliphatic rings. The summed E-state index contributed by atoms with van der Waals surface area (Å²) in [6.07, 6.45) is 7.51. The van der Waals surface area contributed by atoms with E-state index in [0.717, 1.165) is 12.8 Å². The van der Waals surface area contributed by atoms with Crippen LogP contribution in [-0.2, 0) is 0 Å². The molecule has 1 aromatic heterocycles. The Morgan fingerprint density at radius 3 is 2.96 bits per heavy atom. The Balaban J connectivity index is 2.22. The second kappa shape index (κ2) is 6.89. The van der Waals surface area contributed by atoms with Crippen molar-refractivity contribution < 1.29 is 14.3 Å². The number of nitrogens with zero attached hydrogens (tertiary/aromatic N) is 1. The first kappa shape index (κ1) is 17.1. The van der Waals surface area contributed by atoms with Crippen LogP contribution >= 0.6 is 0 Å². The zero-order valence-corrected chi connectivity index (χ0v) is 13.9. The van der Waals surface area contributed by atoms with Gasteiger partial charge in [0.25, 0.3) is 5.91 Å². The summed E-state index contributed by atoms with van der Waals surface area (Å²) in [7, 11) is 0. The van der Waals surface area contributed by atoms with E-state index in [4.69, 9.17) is 4.42 Å². The van der Waals surface area contributed by atoms with Crippen LogP contribution in [0.2, 0.25) is 0 Å². The first-order valence-corrected chi connectivity index (χ1v) is 7.77. The lowest BCUT2D eigenvalue weighted by atomic mass is 10.00. The zero-order chi connectivity index (χ0) is 17.0. The summed E-state index contributed by atoms with van der Waals surface area (Å²) in [5.41, 5.74) is -1.10. The first-order valence-electron chi connectivity index (χ1n) is 7.77. The Labute approximate surface area is 137 Å². The molecule has 2 heterocycles. The van der Waals surface area contributed by atoms with Crippen LogP contribution in [0.1, 0.15) is 49.9 Å². The molecule has 0 saturated heterocycles. The molecule has 0 saturated carbocycles. The summed E-state index contributed by atoms with van der Waals surface area (Å²) >= 11 is 0. The van der Waals surface area contributed by atoms with Crippen molar-refractivity contribution in [1.29, 1.82) is 0 Å². The maximum Gasteiger partial charge on any atom is 0.290 e. The molecule has 1 aromatic rings. The summed E-state index contributed by atoms with van der Waals surface area (Å²) < 4.78 is 5.54. The van der Waals surface area contributed by atoms with Crippen molar-refractivity contribution in [3.05, 3.63) is 48.5 Å². The Bertz CT molecular complexity index is 667. The number of amides is 1. The molecule has 0 bridgehead atoms. The second-order valence-corrected chi connectivity index (χ2v) is 6.27. The van der Waals surface area contributed by atoms with E-state index in [1.54, 1.807) is 26.0 Å². The highest BCUT2D eigenvalue weighted by Gasteiger charge is 2.30. The average Bonchev–Trinajstić information content (AvgIpc) is 2.93. The molecular weight excluding hydrogens is 290 g/mol. The predicted octanol–water partition coefficient (Wildman–Crippen LogP) is 3.14. The largest absolute Gasteiger partial charge is 0.443 e. The van der Waals surface area contributed by atoms with Gasteiger partial charge in [0.15, 0.2) is 11.5 Å². The van der Waals surface area contributed by atoms with Crippen LogP contribution in [0.25, 0.3) is 0 Å². The molecule has 0 fully saturated rings. The third kappa shape index (κ3) is 4.37. The molecule has 4 heteroatoms. The highest BCUT2D eigenvalue weighted by molar-refractivity contribution is 5.92. The molecule has 1 N–H and O–H groups in total. The number of carbonyl (C=O) groups is 1. The second-order valence-electron chi connectivity index (χ2n) is 6.27. The molecule has 1 amide bonds. The van der Waals surface area contributed by atoms with Gasteiger partial charge in [0, 0.05) is 12.1 Å². The van der Waals surface area contributed by atoms with E-state index in [1.807, 2.05) is 24.0 Å². The van der Waals surface area contributed by atoms with Gasteiger partial charge in [-0.15, -0.1) is 6.58 Å². The van der Waals surface area contributed by atoms with Gasteiger partial charge < -0.3 is 14.4 Å². The fraction of sp³-hybridized carbons (Fsp3) is 0.421. The molecule has 0 spiro atoms. The normalized spacial score (nSPS) is 20.8. The summed E-state index contributed by atoms with van der Waals surface area (Å²) in [5, 5.41) is 9.62. The highest BCUT2D eigenvalue weighted by atomic mass is 16.4. The number of hydrogen-bond donors (Lipinski definition) is 1. The summed E-state index contributed by atoms with van der Waals surface area (Å²) in [6.45, 7) is 8.95. The smallest absolute Gasteiger partial charge is 0.290 e. The van der Waals surface area contributed by atoms with E-state index in [0.29, 0.717) is 5.76 Å². The van der Waals surface area contributed by atoms with Crippen LogP contribution < -0.4 is 0 Å². The quantitative estimate of drug-likeness (QED) is 0.689. The van der Waals surface area contributed by atoms with Gasteiger partial charge in [-0.3, -0.25) is 4.79 Å². The number of hydrogen-bond acceptors (Lipinski definition) is 3. The summed E-state index contributed by atoms with van der Waals surface area (Å²) in [5.74, 6) is 5.90. The molecule has 0 unspecified atom stereocenters. The topological polar surface area (TPSA) is 53.7 Å². The lowest BCUT2D eigenvalue weighted by molar-refractivity contribution is 0.0588. The van der Waals surface area contributed by atoms with Crippen LogP contribution in [0.3, 0.4) is 0 Å². The van der Waals surface area contributed by atoms with E-state index in [-0.39, 0.29) is 23.8 Å². The first-order chi connectivity index (χ1) is 10.8. The fourth-order valence-electron chi connectivity index (χ4n) is 2.59. The van der Waals surface area contributed by atoms with Crippen molar-refractivity contribution in [3.63, 3.8) is 0 Å². The Hall–Kier alpha value is -2.25. The number of aliphatic hydroxyl groups is 1. The van der Waals surface area contributed by atoms with Gasteiger partial charge in [0.1, 0.15) is 5.60 Å². The Morgan fingerprint density at radius 1 is 1.57 bits per heavy atom. The van der Waals surface area contributed by atoms with Crippen LogP contribution in [-0.4, -0.2) is 33.6 Å². The monoisotopic (exact) mass is 313 g/mol. The SMILES string of the molecule is C=CC[C@@H]1CC=C[C@@H](C)N1C(=O)c1ccc(C#CC(C)(C)O)o1. The van der Waals surface area contributed by atoms with Gasteiger partial charge in [0.05, 0.1) is 0 Å². The molecule has 2 rings (SSSR count). The van der Waals surface area contributed by atoms with Gasteiger partial charge in [0.2, 0.25) is 0 Å². The Kier molecular flexibility index (Phi) is 5.12. The van der Waals surface area contributed by atoms with Gasteiger partial charge in [-0.1, -0.05) is 24.1 Å². The lowest BCUT2D eigenvalue weighted by Gasteiger charge is -2.36. The van der Waals surface area contributed by atoms with Crippen molar-refractivity contribution >= 4 is 5.91 Å². The minimum absolute atomic E-state index is 0.0113. The minimum Gasteiger partial charge on any atom is -0.443 e. The van der Waals surface area contributed by atoms with Crippen LogP contribution in [0.5, 0.6) is 0 Å². The summed E-state index contributed by atoms with van der Waals surface area (Å²) in [4.78, 5) is 14.6. The molecule has 0 radical (unpaired) electrons. The molecular formula is C19H23NO3. The van der Waals surface area contributed by atoms with Crippen LogP contribution in [0.15, 0.2) is 41.4 Å².